The van der Waals surface area contributed by atoms with E-state index in [9.17, 15) is 4.39 Å². The molecule has 2 N–H and O–H groups in total. The number of fused-ring (bicyclic) bond motifs is 3. The van der Waals surface area contributed by atoms with E-state index in [0.717, 1.165) is 0 Å². The average molecular weight is 319 g/mol. The van der Waals surface area contributed by atoms with Crippen molar-refractivity contribution in [3.8, 4) is 0 Å². The number of halogens is 4. The van der Waals surface area contributed by atoms with Crippen LogP contribution in [0.2, 0.25) is 15.1 Å². The SMILES string of the molecule is CNc1cc(F)c(Cl)c2c1[nH]c1ncc(Cl)c(Cl)c12. The van der Waals surface area contributed by atoms with Gasteiger partial charge in [-0.05, 0) is 0 Å². The van der Waals surface area contributed by atoms with E-state index < -0.39 is 5.82 Å². The van der Waals surface area contributed by atoms with Crippen molar-refractivity contribution in [2.75, 3.05) is 12.4 Å². The Balaban J connectivity index is 2.63. The summed E-state index contributed by atoms with van der Waals surface area (Å²) < 4.78 is 13.9. The number of nitrogens with zero attached hydrogens (tertiary/aromatic N) is 1. The van der Waals surface area contributed by atoms with Gasteiger partial charge in [0.1, 0.15) is 11.5 Å². The molecule has 0 spiro atoms. The van der Waals surface area contributed by atoms with Crippen molar-refractivity contribution >= 4 is 62.4 Å². The maximum Gasteiger partial charge on any atom is 0.144 e. The monoisotopic (exact) mass is 317 g/mol. The van der Waals surface area contributed by atoms with E-state index in [4.69, 9.17) is 34.8 Å². The molecule has 0 radical (unpaired) electrons. The lowest BCUT2D eigenvalue weighted by Crippen LogP contribution is -1.91. The van der Waals surface area contributed by atoms with E-state index in [1.54, 1.807) is 7.05 Å². The van der Waals surface area contributed by atoms with Crippen LogP contribution in [0.4, 0.5) is 10.1 Å². The zero-order chi connectivity index (χ0) is 13.7. The number of aromatic amines is 1. The van der Waals surface area contributed by atoms with Crippen molar-refractivity contribution in [1.29, 1.82) is 0 Å². The molecule has 0 amide bonds. The molecule has 2 aromatic heterocycles. The second-order valence-electron chi connectivity index (χ2n) is 3.99. The van der Waals surface area contributed by atoms with E-state index >= 15 is 0 Å². The van der Waals surface area contributed by atoms with Crippen LogP contribution in [0.1, 0.15) is 0 Å². The molecular weight excluding hydrogens is 312 g/mol. The second-order valence-corrected chi connectivity index (χ2v) is 5.15. The van der Waals surface area contributed by atoms with Crippen molar-refractivity contribution in [3.63, 3.8) is 0 Å². The number of pyridine rings is 1. The van der Waals surface area contributed by atoms with E-state index in [1.807, 2.05) is 0 Å². The van der Waals surface area contributed by atoms with Crippen molar-refractivity contribution in [2.45, 2.75) is 0 Å². The molecule has 7 heteroatoms. The molecule has 3 aromatic rings. The standard InChI is InChI=1S/C12H7Cl3FN3/c1-17-6-2-5(16)10(15)7-8-9(14)4(13)3-18-12(8)19-11(6)7/h2-3,17H,1H3,(H,18,19). The number of benzene rings is 1. The molecule has 0 bridgehead atoms. The van der Waals surface area contributed by atoms with Gasteiger partial charge in [-0.15, -0.1) is 0 Å². The summed E-state index contributed by atoms with van der Waals surface area (Å²) in [6.07, 6.45) is 1.44. The Morgan fingerprint density at radius 3 is 2.63 bits per heavy atom. The molecule has 98 valence electrons. The summed E-state index contributed by atoms with van der Waals surface area (Å²) in [5.74, 6) is -0.532. The molecule has 0 aliphatic carbocycles. The molecular formula is C12H7Cl3FN3. The third-order valence-corrected chi connectivity index (χ3v) is 4.10. The number of hydrogen-bond acceptors (Lipinski definition) is 2. The third-order valence-electron chi connectivity index (χ3n) is 2.96. The minimum atomic E-state index is -0.532. The largest absolute Gasteiger partial charge is 0.386 e. The first kappa shape index (κ1) is 12.8. The zero-order valence-electron chi connectivity index (χ0n) is 9.61. The molecule has 1 aromatic carbocycles. The third kappa shape index (κ3) is 1.75. The number of aromatic nitrogens is 2. The van der Waals surface area contributed by atoms with Crippen LogP contribution in [-0.2, 0) is 0 Å². The fourth-order valence-electron chi connectivity index (χ4n) is 2.09. The molecule has 0 saturated carbocycles. The molecule has 0 aliphatic heterocycles. The van der Waals surface area contributed by atoms with Gasteiger partial charge >= 0.3 is 0 Å². The van der Waals surface area contributed by atoms with Crippen LogP contribution in [0.15, 0.2) is 12.3 Å². The van der Waals surface area contributed by atoms with E-state index in [-0.39, 0.29) is 5.02 Å². The van der Waals surface area contributed by atoms with Gasteiger partial charge in [-0.25, -0.2) is 9.37 Å². The Labute approximate surface area is 122 Å². The summed E-state index contributed by atoms with van der Waals surface area (Å²) in [6, 6.07) is 1.32. The van der Waals surface area contributed by atoms with Crippen LogP contribution in [0.3, 0.4) is 0 Å². The van der Waals surface area contributed by atoms with Gasteiger partial charge in [-0.3, -0.25) is 0 Å². The van der Waals surface area contributed by atoms with E-state index in [2.05, 4.69) is 15.3 Å². The topological polar surface area (TPSA) is 40.7 Å². The second kappa shape index (κ2) is 4.40. The predicted octanol–water partition coefficient (Wildman–Crippen LogP) is 4.86. The average Bonchev–Trinajstić information content (AvgIpc) is 2.78. The Morgan fingerprint density at radius 2 is 1.95 bits per heavy atom. The molecule has 0 fully saturated rings. The number of anilines is 1. The first-order valence-corrected chi connectivity index (χ1v) is 6.49. The molecule has 0 saturated heterocycles. The Hall–Kier alpha value is -1.23. The smallest absolute Gasteiger partial charge is 0.144 e. The minimum absolute atomic E-state index is 0.00813. The van der Waals surface area contributed by atoms with Crippen LogP contribution in [-0.4, -0.2) is 17.0 Å². The minimum Gasteiger partial charge on any atom is -0.386 e. The fraction of sp³-hybridized carbons (Fsp3) is 0.0833. The van der Waals surface area contributed by atoms with Crippen LogP contribution in [0.5, 0.6) is 0 Å². The highest BCUT2D eigenvalue weighted by Crippen LogP contribution is 2.41. The molecule has 0 unspecified atom stereocenters. The highest BCUT2D eigenvalue weighted by Gasteiger charge is 2.19. The van der Waals surface area contributed by atoms with Gasteiger partial charge in [-0.2, -0.15) is 0 Å². The quantitative estimate of drug-likeness (QED) is 0.673. The highest BCUT2D eigenvalue weighted by molar-refractivity contribution is 6.48. The Bertz CT molecular complexity index is 813. The molecule has 0 aliphatic rings. The van der Waals surface area contributed by atoms with Crippen LogP contribution in [0.25, 0.3) is 21.9 Å². The molecule has 0 atom stereocenters. The van der Waals surface area contributed by atoms with Gasteiger partial charge in [0.2, 0.25) is 0 Å². The van der Waals surface area contributed by atoms with Crippen molar-refractivity contribution < 1.29 is 4.39 Å². The predicted molar refractivity (Wildman–Crippen MR) is 78.1 cm³/mol. The zero-order valence-corrected chi connectivity index (χ0v) is 11.9. The lowest BCUT2D eigenvalue weighted by atomic mass is 10.1. The summed E-state index contributed by atoms with van der Waals surface area (Å²) in [5.41, 5.74) is 1.72. The lowest BCUT2D eigenvalue weighted by molar-refractivity contribution is 0.630. The summed E-state index contributed by atoms with van der Waals surface area (Å²) in [7, 11) is 1.69. The van der Waals surface area contributed by atoms with Crippen LogP contribution >= 0.6 is 34.8 Å². The summed E-state index contributed by atoms with van der Waals surface area (Å²) >= 11 is 18.2. The van der Waals surface area contributed by atoms with Crippen molar-refractivity contribution in [2.24, 2.45) is 0 Å². The van der Waals surface area contributed by atoms with Gasteiger partial charge in [0, 0.05) is 30.1 Å². The molecule has 3 nitrogen and oxygen atoms in total. The first-order valence-electron chi connectivity index (χ1n) is 5.35. The van der Waals surface area contributed by atoms with Crippen molar-refractivity contribution in [3.05, 3.63) is 33.1 Å². The van der Waals surface area contributed by atoms with Gasteiger partial charge < -0.3 is 10.3 Å². The highest BCUT2D eigenvalue weighted by atomic mass is 35.5. The molecule has 19 heavy (non-hydrogen) atoms. The number of H-pyrrole nitrogens is 1. The summed E-state index contributed by atoms with van der Waals surface area (Å²) in [4.78, 5) is 7.21. The van der Waals surface area contributed by atoms with Gasteiger partial charge in [0.25, 0.3) is 0 Å². The van der Waals surface area contributed by atoms with Crippen LogP contribution < -0.4 is 5.32 Å². The Morgan fingerprint density at radius 1 is 1.21 bits per heavy atom. The van der Waals surface area contributed by atoms with Gasteiger partial charge in [0.15, 0.2) is 0 Å². The number of nitrogens with one attached hydrogen (secondary N) is 2. The number of rotatable bonds is 1. The van der Waals surface area contributed by atoms with Crippen LogP contribution in [0, 0.1) is 5.82 Å². The van der Waals surface area contributed by atoms with Crippen molar-refractivity contribution in [1.82, 2.24) is 9.97 Å². The summed E-state index contributed by atoms with van der Waals surface area (Å²) in [5, 5.41) is 4.47. The Kier molecular flexibility index (Phi) is 2.96. The lowest BCUT2D eigenvalue weighted by Gasteiger charge is -2.05. The molecule has 3 rings (SSSR count). The normalized spacial score (nSPS) is 11.4. The number of hydrogen-bond donors (Lipinski definition) is 2. The first-order chi connectivity index (χ1) is 9.04. The van der Waals surface area contributed by atoms with Gasteiger partial charge in [0.05, 0.1) is 26.3 Å². The maximum atomic E-state index is 13.9. The molecule has 2 heterocycles. The van der Waals surface area contributed by atoms with Gasteiger partial charge in [-0.1, -0.05) is 34.8 Å². The maximum absolute atomic E-state index is 13.9. The fourth-order valence-corrected chi connectivity index (χ4v) is 2.71. The van der Waals surface area contributed by atoms with E-state index in [0.29, 0.717) is 37.7 Å². The van der Waals surface area contributed by atoms with E-state index in [1.165, 1.54) is 12.3 Å². The summed E-state index contributed by atoms with van der Waals surface area (Å²) in [6.45, 7) is 0.